The molecule has 2 aromatic rings. The van der Waals surface area contributed by atoms with E-state index in [9.17, 15) is 23.3 Å². The maximum Gasteiger partial charge on any atom is 0.271 e. The van der Waals surface area contributed by atoms with Crippen LogP contribution in [0.4, 0.5) is 11.4 Å². The Bertz CT molecular complexity index is 928. The standard InChI is InChI=1S/C16H15ClN2O6S/c1-25-15-7-6-13(19(21)22)8-14(15)18-16(20)10-26(23,24)9-11-2-4-12(17)5-3-11/h2-8H,9-10H2,1H3,(H,18,20). The molecule has 0 bridgehead atoms. The Morgan fingerprint density at radius 3 is 2.46 bits per heavy atom. The third kappa shape index (κ3) is 5.43. The molecule has 1 amide bonds. The molecule has 0 radical (unpaired) electrons. The summed E-state index contributed by atoms with van der Waals surface area (Å²) in [6.07, 6.45) is 0. The first kappa shape index (κ1) is 19.7. The first-order valence-corrected chi connectivity index (χ1v) is 9.47. The van der Waals surface area contributed by atoms with Gasteiger partial charge < -0.3 is 10.1 Å². The number of sulfone groups is 1. The zero-order valence-electron chi connectivity index (χ0n) is 13.6. The number of nitro groups is 1. The molecule has 0 aliphatic rings. The number of hydrogen-bond donors (Lipinski definition) is 1. The summed E-state index contributed by atoms with van der Waals surface area (Å²) in [6.45, 7) is 0. The van der Waals surface area contributed by atoms with Gasteiger partial charge in [-0.15, -0.1) is 0 Å². The zero-order chi connectivity index (χ0) is 19.3. The molecule has 0 fully saturated rings. The van der Waals surface area contributed by atoms with E-state index in [0.29, 0.717) is 10.6 Å². The van der Waals surface area contributed by atoms with Crippen LogP contribution in [0, 0.1) is 10.1 Å². The number of amides is 1. The van der Waals surface area contributed by atoms with Gasteiger partial charge in [0.15, 0.2) is 9.84 Å². The van der Waals surface area contributed by atoms with Gasteiger partial charge in [0, 0.05) is 17.2 Å². The average molecular weight is 399 g/mol. The molecule has 0 unspecified atom stereocenters. The van der Waals surface area contributed by atoms with Crippen molar-refractivity contribution >= 4 is 38.7 Å². The Morgan fingerprint density at radius 1 is 1.23 bits per heavy atom. The van der Waals surface area contributed by atoms with E-state index in [2.05, 4.69) is 5.32 Å². The Labute approximate surface area is 154 Å². The molecular formula is C16H15ClN2O6S. The number of non-ortho nitro benzene ring substituents is 1. The van der Waals surface area contributed by atoms with Gasteiger partial charge in [0.05, 0.1) is 23.5 Å². The maximum atomic E-state index is 12.2. The van der Waals surface area contributed by atoms with Gasteiger partial charge >= 0.3 is 0 Å². The van der Waals surface area contributed by atoms with E-state index < -0.39 is 26.4 Å². The summed E-state index contributed by atoms with van der Waals surface area (Å²) >= 11 is 5.75. The minimum absolute atomic E-state index is 0.0217. The van der Waals surface area contributed by atoms with Crippen molar-refractivity contribution in [3.63, 3.8) is 0 Å². The minimum Gasteiger partial charge on any atom is -0.495 e. The Kier molecular flexibility index (Phi) is 6.17. The highest BCUT2D eigenvalue weighted by Gasteiger charge is 2.20. The van der Waals surface area contributed by atoms with Gasteiger partial charge in [-0.05, 0) is 23.8 Å². The first-order valence-electron chi connectivity index (χ1n) is 7.27. The summed E-state index contributed by atoms with van der Waals surface area (Å²) in [6, 6.07) is 9.86. The van der Waals surface area contributed by atoms with Crippen molar-refractivity contribution < 1.29 is 22.9 Å². The van der Waals surface area contributed by atoms with E-state index in [0.717, 1.165) is 6.07 Å². The fourth-order valence-electron chi connectivity index (χ4n) is 2.18. The van der Waals surface area contributed by atoms with E-state index in [1.807, 2.05) is 0 Å². The number of nitrogens with one attached hydrogen (secondary N) is 1. The molecule has 1 N–H and O–H groups in total. The molecule has 26 heavy (non-hydrogen) atoms. The van der Waals surface area contributed by atoms with Gasteiger partial charge in [-0.25, -0.2) is 8.42 Å². The van der Waals surface area contributed by atoms with Gasteiger partial charge in [0.2, 0.25) is 5.91 Å². The van der Waals surface area contributed by atoms with Crippen LogP contribution in [0.1, 0.15) is 5.56 Å². The van der Waals surface area contributed by atoms with Gasteiger partial charge in [-0.2, -0.15) is 0 Å². The molecular weight excluding hydrogens is 384 g/mol. The van der Waals surface area contributed by atoms with Crippen LogP contribution >= 0.6 is 11.6 Å². The third-order valence-corrected chi connectivity index (χ3v) is 5.05. The molecule has 0 atom stereocenters. The van der Waals surface area contributed by atoms with Gasteiger partial charge in [0.1, 0.15) is 11.5 Å². The molecule has 2 rings (SSSR count). The fraction of sp³-hybridized carbons (Fsp3) is 0.188. The molecule has 0 spiro atoms. The number of hydrogen-bond acceptors (Lipinski definition) is 6. The SMILES string of the molecule is COc1ccc([N+](=O)[O-])cc1NC(=O)CS(=O)(=O)Cc1ccc(Cl)cc1. The number of halogens is 1. The number of nitrogens with zero attached hydrogens (tertiary/aromatic N) is 1. The lowest BCUT2D eigenvalue weighted by Gasteiger charge is -2.10. The van der Waals surface area contributed by atoms with Crippen LogP contribution in [0.25, 0.3) is 0 Å². The number of rotatable bonds is 7. The van der Waals surface area contributed by atoms with Gasteiger partial charge in [0.25, 0.3) is 5.69 Å². The van der Waals surface area contributed by atoms with Crippen molar-refractivity contribution in [3.05, 3.63) is 63.2 Å². The second-order valence-corrected chi connectivity index (χ2v) is 7.85. The Hall–Kier alpha value is -2.65. The summed E-state index contributed by atoms with van der Waals surface area (Å²) in [7, 11) is -2.42. The summed E-state index contributed by atoms with van der Waals surface area (Å²) in [5.74, 6) is -1.75. The predicted octanol–water partition coefficient (Wildman–Crippen LogP) is 2.81. The molecule has 10 heteroatoms. The summed E-state index contributed by atoms with van der Waals surface area (Å²) in [4.78, 5) is 22.3. The minimum atomic E-state index is -3.74. The highest BCUT2D eigenvalue weighted by molar-refractivity contribution is 7.91. The highest BCUT2D eigenvalue weighted by Crippen LogP contribution is 2.28. The molecule has 0 aliphatic carbocycles. The van der Waals surface area contributed by atoms with E-state index in [1.165, 1.54) is 19.2 Å². The molecule has 0 aromatic heterocycles. The Morgan fingerprint density at radius 2 is 1.88 bits per heavy atom. The smallest absolute Gasteiger partial charge is 0.271 e. The molecule has 8 nitrogen and oxygen atoms in total. The average Bonchev–Trinajstić information content (AvgIpc) is 2.56. The number of ether oxygens (including phenoxy) is 1. The van der Waals surface area contributed by atoms with Crippen LogP contribution in [-0.4, -0.2) is 32.1 Å². The Balaban J connectivity index is 2.11. The number of methoxy groups -OCH3 is 1. The van der Waals surface area contributed by atoms with Crippen molar-refractivity contribution in [2.24, 2.45) is 0 Å². The second-order valence-electron chi connectivity index (χ2n) is 5.35. The van der Waals surface area contributed by atoms with E-state index >= 15 is 0 Å². The van der Waals surface area contributed by atoms with Crippen molar-refractivity contribution in [2.75, 3.05) is 18.2 Å². The molecule has 0 heterocycles. The van der Waals surface area contributed by atoms with Crippen molar-refractivity contribution in [1.82, 2.24) is 0 Å². The van der Waals surface area contributed by atoms with Crippen LogP contribution in [0.3, 0.4) is 0 Å². The van der Waals surface area contributed by atoms with Crippen molar-refractivity contribution in [3.8, 4) is 5.75 Å². The van der Waals surface area contributed by atoms with Crippen LogP contribution in [0.15, 0.2) is 42.5 Å². The van der Waals surface area contributed by atoms with E-state index in [-0.39, 0.29) is 22.9 Å². The molecule has 0 saturated heterocycles. The maximum absolute atomic E-state index is 12.2. The van der Waals surface area contributed by atoms with Gasteiger partial charge in [-0.1, -0.05) is 23.7 Å². The first-order chi connectivity index (χ1) is 12.2. The topological polar surface area (TPSA) is 116 Å². The third-order valence-electron chi connectivity index (χ3n) is 3.32. The van der Waals surface area contributed by atoms with Crippen LogP contribution in [-0.2, 0) is 20.4 Å². The normalized spacial score (nSPS) is 11.0. The molecule has 138 valence electrons. The molecule has 2 aromatic carbocycles. The monoisotopic (exact) mass is 398 g/mol. The van der Waals surface area contributed by atoms with Crippen LogP contribution < -0.4 is 10.1 Å². The molecule has 0 saturated carbocycles. The van der Waals surface area contributed by atoms with E-state index in [4.69, 9.17) is 16.3 Å². The van der Waals surface area contributed by atoms with Crippen molar-refractivity contribution in [2.45, 2.75) is 5.75 Å². The van der Waals surface area contributed by atoms with Gasteiger partial charge in [-0.3, -0.25) is 14.9 Å². The summed E-state index contributed by atoms with van der Waals surface area (Å²) in [5, 5.41) is 13.7. The zero-order valence-corrected chi connectivity index (χ0v) is 15.2. The predicted molar refractivity (Wildman–Crippen MR) is 97.2 cm³/mol. The quantitative estimate of drug-likeness (QED) is 0.566. The lowest BCUT2D eigenvalue weighted by atomic mass is 10.2. The van der Waals surface area contributed by atoms with Crippen LogP contribution in [0.5, 0.6) is 5.75 Å². The van der Waals surface area contributed by atoms with E-state index in [1.54, 1.807) is 24.3 Å². The summed E-state index contributed by atoms with van der Waals surface area (Å²) < 4.78 is 29.4. The number of benzene rings is 2. The lowest BCUT2D eigenvalue weighted by molar-refractivity contribution is -0.384. The van der Waals surface area contributed by atoms with Crippen LogP contribution in [0.2, 0.25) is 5.02 Å². The molecule has 0 aliphatic heterocycles. The largest absolute Gasteiger partial charge is 0.495 e. The highest BCUT2D eigenvalue weighted by atomic mass is 35.5. The number of carbonyl (C=O) groups is 1. The van der Waals surface area contributed by atoms with Crippen molar-refractivity contribution in [1.29, 1.82) is 0 Å². The lowest BCUT2D eigenvalue weighted by Crippen LogP contribution is -2.24. The number of anilines is 1. The number of nitro benzene ring substituents is 1. The number of carbonyl (C=O) groups excluding carboxylic acids is 1. The fourth-order valence-corrected chi connectivity index (χ4v) is 3.58. The summed E-state index contributed by atoms with van der Waals surface area (Å²) in [5.41, 5.74) is 0.258. The second kappa shape index (κ2) is 8.15.